The van der Waals surface area contributed by atoms with Gasteiger partial charge in [-0.05, 0) is 18.1 Å². The molecular weight excluding hydrogens is 482 g/mol. The summed E-state index contributed by atoms with van der Waals surface area (Å²) in [6.45, 7) is -0.245. The first-order valence-electron chi connectivity index (χ1n) is 10.6. The molecule has 1 unspecified atom stereocenters. The third-order valence-electron chi connectivity index (χ3n) is 5.76. The second kappa shape index (κ2) is 10.2. The van der Waals surface area contributed by atoms with Gasteiger partial charge in [-0.1, -0.05) is 36.0 Å². The molecule has 12 heteroatoms. The Hall–Kier alpha value is -3.22. The van der Waals surface area contributed by atoms with Gasteiger partial charge < -0.3 is 19.8 Å². The number of benzene rings is 1. The lowest BCUT2D eigenvalue weighted by Gasteiger charge is -2.24. The van der Waals surface area contributed by atoms with E-state index in [0.29, 0.717) is 35.2 Å². The molecule has 1 atom stereocenters. The molecule has 1 saturated heterocycles. The van der Waals surface area contributed by atoms with Crippen molar-refractivity contribution in [1.82, 2.24) is 19.9 Å². The van der Waals surface area contributed by atoms with Crippen molar-refractivity contribution in [2.75, 3.05) is 32.6 Å². The Balaban J connectivity index is 1.50. The molecule has 1 aliphatic heterocycles. The van der Waals surface area contributed by atoms with Crippen LogP contribution in [-0.2, 0) is 10.4 Å². The molecule has 3 aromatic rings. The predicted molar refractivity (Wildman–Crippen MR) is 123 cm³/mol. The zero-order valence-electron chi connectivity index (χ0n) is 18.6. The average molecular weight is 505 g/mol. The number of thioether (sulfide) groups is 1. The van der Waals surface area contributed by atoms with Crippen LogP contribution in [-0.4, -0.2) is 74.3 Å². The van der Waals surface area contributed by atoms with Gasteiger partial charge in [0.2, 0.25) is 5.91 Å². The number of ketones is 1. The zero-order valence-corrected chi connectivity index (χ0v) is 19.5. The summed E-state index contributed by atoms with van der Waals surface area (Å²) in [7, 11) is 1.45. The van der Waals surface area contributed by atoms with E-state index in [4.69, 9.17) is 9.84 Å². The van der Waals surface area contributed by atoms with Crippen LogP contribution in [0, 0.1) is 0 Å². The number of β-amino-alcohol motifs (C(OH)–C–C–N with tert-alkyl or cyclic N) is 1. The molecular formula is C23H22F2N4O5S. The van der Waals surface area contributed by atoms with Crippen LogP contribution in [0.5, 0.6) is 5.75 Å². The molecule has 1 fully saturated rings. The number of aromatic nitrogens is 3. The van der Waals surface area contributed by atoms with E-state index in [9.17, 15) is 23.5 Å². The van der Waals surface area contributed by atoms with Crippen molar-refractivity contribution < 1.29 is 33.3 Å². The Morgan fingerprint density at radius 1 is 1.26 bits per heavy atom. The molecule has 0 saturated carbocycles. The molecule has 0 bridgehead atoms. The largest absolute Gasteiger partial charge is 0.495 e. The third kappa shape index (κ3) is 5.24. The van der Waals surface area contributed by atoms with Gasteiger partial charge in [0.1, 0.15) is 23.0 Å². The molecule has 0 aliphatic carbocycles. The molecule has 35 heavy (non-hydrogen) atoms. The van der Waals surface area contributed by atoms with Gasteiger partial charge >= 0.3 is 0 Å². The summed E-state index contributed by atoms with van der Waals surface area (Å²) < 4.78 is 31.7. The lowest BCUT2D eigenvalue weighted by molar-refractivity contribution is -0.134. The number of aliphatic hydroxyl groups is 2. The van der Waals surface area contributed by atoms with Crippen molar-refractivity contribution in [1.29, 1.82) is 0 Å². The van der Waals surface area contributed by atoms with Crippen molar-refractivity contribution in [3.8, 4) is 5.75 Å². The molecule has 1 aliphatic rings. The van der Waals surface area contributed by atoms with Crippen LogP contribution in [0.4, 0.5) is 8.78 Å². The highest BCUT2D eigenvalue weighted by Gasteiger charge is 2.39. The zero-order chi connectivity index (χ0) is 25.2. The molecule has 0 spiro atoms. The molecule has 184 valence electrons. The van der Waals surface area contributed by atoms with Gasteiger partial charge in [0, 0.05) is 12.1 Å². The minimum Gasteiger partial charge on any atom is -0.495 e. The Bertz CT molecular complexity index is 1260. The maximum atomic E-state index is 13.3. The molecule has 0 radical (unpaired) electrons. The second-order valence-corrected chi connectivity index (χ2v) is 8.94. The van der Waals surface area contributed by atoms with E-state index in [1.807, 2.05) is 0 Å². The average Bonchev–Trinajstić information content (AvgIpc) is 3.29. The smallest absolute Gasteiger partial charge is 0.297 e. The van der Waals surface area contributed by atoms with Crippen LogP contribution in [0.2, 0.25) is 0 Å². The summed E-state index contributed by atoms with van der Waals surface area (Å²) in [4.78, 5) is 37.6. The Morgan fingerprint density at radius 2 is 2.00 bits per heavy atom. The first-order chi connectivity index (χ1) is 16.7. The fourth-order valence-electron chi connectivity index (χ4n) is 3.83. The van der Waals surface area contributed by atoms with Gasteiger partial charge in [0.25, 0.3) is 6.43 Å². The van der Waals surface area contributed by atoms with Gasteiger partial charge in [-0.15, -0.1) is 0 Å². The van der Waals surface area contributed by atoms with Crippen LogP contribution in [0.25, 0.3) is 11.0 Å². The second-order valence-electron chi connectivity index (χ2n) is 7.98. The number of carbonyl (C=O) groups excluding carboxylic acids is 2. The molecule has 3 heterocycles. The van der Waals surface area contributed by atoms with Crippen LogP contribution >= 0.6 is 11.8 Å². The van der Waals surface area contributed by atoms with E-state index >= 15 is 0 Å². The van der Waals surface area contributed by atoms with Crippen LogP contribution in [0.15, 0.2) is 41.6 Å². The first kappa shape index (κ1) is 24.9. The van der Waals surface area contributed by atoms with Crippen molar-refractivity contribution in [2.45, 2.75) is 23.5 Å². The molecule has 2 N–H and O–H groups in total. The number of likely N-dealkylation sites (tertiary alicyclic amines) is 1. The lowest BCUT2D eigenvalue weighted by atomic mass is 9.92. The maximum Gasteiger partial charge on any atom is 0.297 e. The van der Waals surface area contributed by atoms with Gasteiger partial charge in [-0.3, -0.25) is 9.59 Å². The summed E-state index contributed by atoms with van der Waals surface area (Å²) in [5.74, 6) is -1.07. The molecule has 1 aromatic carbocycles. The minimum absolute atomic E-state index is 0.0558. The number of alkyl halides is 2. The fraction of sp³-hybridized carbons (Fsp3) is 0.348. The van der Waals surface area contributed by atoms with Crippen molar-refractivity contribution >= 4 is 34.5 Å². The molecule has 4 rings (SSSR count). The quantitative estimate of drug-likeness (QED) is 0.270. The molecule has 9 nitrogen and oxygen atoms in total. The highest BCUT2D eigenvalue weighted by Crippen LogP contribution is 2.33. The first-order valence-corrected chi connectivity index (χ1v) is 11.6. The highest BCUT2D eigenvalue weighted by molar-refractivity contribution is 8.00. The van der Waals surface area contributed by atoms with Gasteiger partial charge in [0.15, 0.2) is 17.3 Å². The topological polar surface area (TPSA) is 126 Å². The van der Waals surface area contributed by atoms with E-state index in [2.05, 4.69) is 15.0 Å². The summed E-state index contributed by atoms with van der Waals surface area (Å²) in [6.07, 6.45) is -1.22. The number of carbonyl (C=O) groups is 2. The SMILES string of the molecule is COc1cnc2nc(C(F)F)nc(SCC(=O)c3ccc(C4(O)CCN(C(=O)CO)C4)cc3)c2c1. The van der Waals surface area contributed by atoms with Crippen LogP contribution in [0.3, 0.4) is 0 Å². The normalized spacial score (nSPS) is 17.8. The maximum absolute atomic E-state index is 13.3. The van der Waals surface area contributed by atoms with Gasteiger partial charge in [-0.25, -0.2) is 23.7 Å². The molecule has 1 amide bonds. The number of hydrogen-bond acceptors (Lipinski definition) is 9. The van der Waals surface area contributed by atoms with Crippen molar-refractivity contribution in [3.63, 3.8) is 0 Å². The fourth-order valence-corrected chi connectivity index (χ4v) is 4.73. The Kier molecular flexibility index (Phi) is 7.24. The van der Waals surface area contributed by atoms with Gasteiger partial charge in [-0.2, -0.15) is 0 Å². The standard InChI is InChI=1S/C23H22F2N4O5S/c1-34-15-8-16-20(26-9-15)27-21(19(24)25)28-22(16)35-11-17(31)13-2-4-14(5-3-13)23(33)6-7-29(12-23)18(32)10-30/h2-5,8-9,19,30,33H,6-7,10-12H2,1H3. The number of hydrogen-bond donors (Lipinski definition) is 2. The van der Waals surface area contributed by atoms with Crippen molar-refractivity contribution in [3.05, 3.63) is 53.5 Å². The van der Waals surface area contributed by atoms with E-state index in [0.717, 1.165) is 11.8 Å². The third-order valence-corrected chi connectivity index (χ3v) is 6.75. The number of amides is 1. The summed E-state index contributed by atoms with van der Waals surface area (Å²) in [5.41, 5.74) is -0.265. The van der Waals surface area contributed by atoms with Crippen molar-refractivity contribution in [2.24, 2.45) is 0 Å². The van der Waals surface area contributed by atoms with E-state index < -0.39 is 30.4 Å². The number of halogens is 2. The summed E-state index contributed by atoms with van der Waals surface area (Å²) in [6, 6.07) is 7.95. The monoisotopic (exact) mass is 504 g/mol. The highest BCUT2D eigenvalue weighted by atomic mass is 32.2. The van der Waals surface area contributed by atoms with Gasteiger partial charge in [0.05, 0.1) is 31.0 Å². The number of Topliss-reactive ketones (excluding diaryl/α,β-unsaturated/α-hetero) is 1. The summed E-state index contributed by atoms with van der Waals surface area (Å²) >= 11 is 0.992. The number of pyridine rings is 1. The van der Waals surface area contributed by atoms with E-state index in [1.165, 1.54) is 18.2 Å². The number of ether oxygens (including phenoxy) is 1. The number of aliphatic hydroxyl groups excluding tert-OH is 1. The summed E-state index contributed by atoms with van der Waals surface area (Å²) in [5, 5.41) is 20.5. The van der Waals surface area contributed by atoms with Crippen LogP contribution < -0.4 is 4.74 Å². The number of rotatable bonds is 8. The Morgan fingerprint density at radius 3 is 2.66 bits per heavy atom. The minimum atomic E-state index is -2.89. The number of fused-ring (bicyclic) bond motifs is 1. The van der Waals surface area contributed by atoms with E-state index in [-0.39, 0.29) is 28.8 Å². The van der Waals surface area contributed by atoms with Crippen LogP contribution in [0.1, 0.15) is 34.6 Å². The lowest BCUT2D eigenvalue weighted by Crippen LogP contribution is -2.35. The number of methoxy groups -OCH3 is 1. The number of nitrogens with zero attached hydrogens (tertiary/aromatic N) is 4. The van der Waals surface area contributed by atoms with E-state index in [1.54, 1.807) is 30.3 Å². The molecule has 2 aromatic heterocycles. The predicted octanol–water partition coefficient (Wildman–Crippen LogP) is 2.36. The Labute approximate surface area is 203 Å².